The smallest absolute Gasteiger partial charge is 0.338 e. The summed E-state index contributed by atoms with van der Waals surface area (Å²) < 4.78 is 5.34. The Bertz CT molecular complexity index is 770. The third-order valence-electron chi connectivity index (χ3n) is 3.19. The fourth-order valence-corrected chi connectivity index (χ4v) is 2.08. The second-order valence-electron chi connectivity index (χ2n) is 6.40. The Labute approximate surface area is 146 Å². The maximum absolute atomic E-state index is 12.4. The fourth-order valence-electron chi connectivity index (χ4n) is 2.08. The average molecular weight is 343 g/mol. The first-order valence-electron chi connectivity index (χ1n) is 7.77. The maximum atomic E-state index is 12.4. The van der Waals surface area contributed by atoms with Gasteiger partial charge in [0, 0.05) is 13.2 Å². The van der Waals surface area contributed by atoms with Crippen LogP contribution in [0.3, 0.4) is 0 Å². The molecule has 0 aliphatic carbocycles. The molecule has 2 rings (SSSR count). The number of carbonyl (C=O) groups is 2. The van der Waals surface area contributed by atoms with Gasteiger partial charge in [-0.15, -0.1) is 0 Å². The SMILES string of the molecule is CNC(=O)c1cc(C(=O)OC(C)(C)C)cc([C@H](O)c2ccccn2)n1. The molecule has 0 aliphatic heterocycles. The van der Waals surface area contributed by atoms with E-state index in [0.29, 0.717) is 5.69 Å². The summed E-state index contributed by atoms with van der Waals surface area (Å²) in [6.07, 6.45) is 0.364. The van der Waals surface area contributed by atoms with E-state index in [9.17, 15) is 14.7 Å². The number of aliphatic hydroxyl groups excluding tert-OH is 1. The molecule has 2 aromatic rings. The highest BCUT2D eigenvalue weighted by molar-refractivity contribution is 5.96. The van der Waals surface area contributed by atoms with Gasteiger partial charge in [0.15, 0.2) is 0 Å². The molecule has 0 bridgehead atoms. The summed E-state index contributed by atoms with van der Waals surface area (Å²) in [5.41, 5.74) is -0.0444. The third kappa shape index (κ3) is 4.84. The fraction of sp³-hybridized carbons (Fsp3) is 0.333. The number of aromatic nitrogens is 2. The molecule has 7 nitrogen and oxygen atoms in total. The van der Waals surface area contributed by atoms with Gasteiger partial charge in [-0.2, -0.15) is 0 Å². The van der Waals surface area contributed by atoms with Crippen LogP contribution in [0.5, 0.6) is 0 Å². The van der Waals surface area contributed by atoms with Crippen LogP contribution in [0.4, 0.5) is 0 Å². The van der Waals surface area contributed by atoms with E-state index in [2.05, 4.69) is 15.3 Å². The number of pyridine rings is 2. The van der Waals surface area contributed by atoms with Gasteiger partial charge >= 0.3 is 5.97 Å². The van der Waals surface area contributed by atoms with Crippen LogP contribution in [0.2, 0.25) is 0 Å². The van der Waals surface area contributed by atoms with E-state index < -0.39 is 23.6 Å². The van der Waals surface area contributed by atoms with Crippen molar-refractivity contribution in [3.63, 3.8) is 0 Å². The first kappa shape index (κ1) is 18.5. The van der Waals surface area contributed by atoms with Gasteiger partial charge in [0.2, 0.25) is 0 Å². The first-order valence-corrected chi connectivity index (χ1v) is 7.77. The summed E-state index contributed by atoms with van der Waals surface area (Å²) in [5, 5.41) is 13.0. The van der Waals surface area contributed by atoms with Crippen LogP contribution in [-0.4, -0.2) is 39.6 Å². The molecule has 0 fully saturated rings. The van der Waals surface area contributed by atoms with Crippen molar-refractivity contribution in [1.29, 1.82) is 0 Å². The number of nitrogens with zero attached hydrogens (tertiary/aromatic N) is 2. The Kier molecular flexibility index (Phi) is 5.48. The molecule has 0 spiro atoms. The molecular weight excluding hydrogens is 322 g/mol. The van der Waals surface area contributed by atoms with Crippen molar-refractivity contribution in [2.24, 2.45) is 0 Å². The number of esters is 1. The van der Waals surface area contributed by atoms with Crippen LogP contribution in [-0.2, 0) is 4.74 Å². The summed E-state index contributed by atoms with van der Waals surface area (Å²) >= 11 is 0. The lowest BCUT2D eigenvalue weighted by Gasteiger charge is -2.20. The third-order valence-corrected chi connectivity index (χ3v) is 3.19. The zero-order valence-electron chi connectivity index (χ0n) is 14.6. The molecule has 25 heavy (non-hydrogen) atoms. The minimum Gasteiger partial charge on any atom is -0.456 e. The van der Waals surface area contributed by atoms with E-state index in [4.69, 9.17) is 4.74 Å². The molecule has 0 saturated carbocycles. The molecule has 0 saturated heterocycles. The van der Waals surface area contributed by atoms with Crippen molar-refractivity contribution >= 4 is 11.9 Å². The Morgan fingerprint density at radius 3 is 2.48 bits per heavy atom. The lowest BCUT2D eigenvalue weighted by atomic mass is 10.1. The zero-order valence-corrected chi connectivity index (χ0v) is 14.6. The second-order valence-corrected chi connectivity index (χ2v) is 6.40. The summed E-state index contributed by atoms with van der Waals surface area (Å²) in [6, 6.07) is 7.81. The minimum atomic E-state index is -1.17. The zero-order chi connectivity index (χ0) is 18.6. The number of aliphatic hydroxyl groups is 1. The highest BCUT2D eigenvalue weighted by atomic mass is 16.6. The maximum Gasteiger partial charge on any atom is 0.338 e. The van der Waals surface area contributed by atoms with Crippen LogP contribution >= 0.6 is 0 Å². The van der Waals surface area contributed by atoms with Crippen LogP contribution in [0.15, 0.2) is 36.5 Å². The number of hydrogen-bond acceptors (Lipinski definition) is 6. The van der Waals surface area contributed by atoms with Gasteiger partial charge in [0.1, 0.15) is 17.4 Å². The summed E-state index contributed by atoms with van der Waals surface area (Å²) in [7, 11) is 1.46. The van der Waals surface area contributed by atoms with Gasteiger partial charge in [-0.05, 0) is 45.0 Å². The van der Waals surface area contributed by atoms with E-state index >= 15 is 0 Å². The lowest BCUT2D eigenvalue weighted by Crippen LogP contribution is -2.25. The standard InChI is InChI=1S/C18H21N3O4/c1-18(2,3)25-17(24)11-9-13(21-14(10-11)16(23)19-4)15(22)12-7-5-6-8-20-12/h5-10,15,22H,1-4H3,(H,19,23)/t15-/m1/s1. The normalized spacial score (nSPS) is 12.4. The monoisotopic (exact) mass is 343 g/mol. The summed E-state index contributed by atoms with van der Waals surface area (Å²) in [6.45, 7) is 5.24. The molecular formula is C18H21N3O4. The van der Waals surface area contributed by atoms with Gasteiger partial charge < -0.3 is 15.2 Å². The van der Waals surface area contributed by atoms with Crippen LogP contribution < -0.4 is 5.32 Å². The van der Waals surface area contributed by atoms with Gasteiger partial charge in [-0.1, -0.05) is 6.07 Å². The summed E-state index contributed by atoms with van der Waals surface area (Å²) in [4.78, 5) is 32.5. The highest BCUT2D eigenvalue weighted by Crippen LogP contribution is 2.21. The predicted octanol–water partition coefficient (Wildman–Crippen LogP) is 1.87. The molecule has 2 heterocycles. The van der Waals surface area contributed by atoms with Crippen molar-refractivity contribution in [3.8, 4) is 0 Å². The van der Waals surface area contributed by atoms with Crippen LogP contribution in [0.25, 0.3) is 0 Å². The van der Waals surface area contributed by atoms with Gasteiger partial charge in [0.25, 0.3) is 5.91 Å². The number of ether oxygens (including phenoxy) is 1. The Balaban J connectivity index is 2.47. The average Bonchev–Trinajstić information content (AvgIpc) is 2.59. The van der Waals surface area contributed by atoms with Gasteiger partial charge in [-0.3, -0.25) is 9.78 Å². The molecule has 1 atom stereocenters. The second kappa shape index (κ2) is 7.40. The lowest BCUT2D eigenvalue weighted by molar-refractivity contribution is 0.00691. The van der Waals surface area contributed by atoms with Crippen molar-refractivity contribution in [2.45, 2.75) is 32.5 Å². The Hall–Kier alpha value is -2.80. The quantitative estimate of drug-likeness (QED) is 0.822. The number of amides is 1. The largest absolute Gasteiger partial charge is 0.456 e. The molecule has 0 aromatic carbocycles. The van der Waals surface area contributed by atoms with Crippen molar-refractivity contribution in [3.05, 3.63) is 59.2 Å². The van der Waals surface area contributed by atoms with Crippen molar-refractivity contribution in [2.75, 3.05) is 7.05 Å². The first-order chi connectivity index (χ1) is 11.7. The number of rotatable bonds is 4. The summed E-state index contributed by atoms with van der Waals surface area (Å²) in [5.74, 6) is -1.07. The molecule has 7 heteroatoms. The molecule has 1 amide bonds. The minimum absolute atomic E-state index is 0.0100. The van der Waals surface area contributed by atoms with E-state index in [1.807, 2.05) is 0 Å². The van der Waals surface area contributed by atoms with Gasteiger partial charge in [-0.25, -0.2) is 9.78 Å². The Morgan fingerprint density at radius 1 is 1.20 bits per heavy atom. The molecule has 0 aliphatic rings. The molecule has 0 unspecified atom stereocenters. The van der Waals surface area contributed by atoms with E-state index in [1.54, 1.807) is 39.0 Å². The van der Waals surface area contributed by atoms with E-state index in [0.717, 1.165) is 0 Å². The topological polar surface area (TPSA) is 101 Å². The van der Waals surface area contributed by atoms with E-state index in [1.165, 1.54) is 25.4 Å². The van der Waals surface area contributed by atoms with Crippen molar-refractivity contribution in [1.82, 2.24) is 15.3 Å². The number of hydrogen-bond donors (Lipinski definition) is 2. The molecule has 0 radical (unpaired) electrons. The number of nitrogens with one attached hydrogen (secondary N) is 1. The number of carbonyl (C=O) groups excluding carboxylic acids is 2. The van der Waals surface area contributed by atoms with Crippen molar-refractivity contribution < 1.29 is 19.4 Å². The Morgan fingerprint density at radius 2 is 1.92 bits per heavy atom. The molecule has 2 aromatic heterocycles. The molecule has 2 N–H and O–H groups in total. The van der Waals surface area contributed by atoms with Crippen LogP contribution in [0, 0.1) is 0 Å². The van der Waals surface area contributed by atoms with Crippen LogP contribution in [0.1, 0.15) is 59.1 Å². The van der Waals surface area contributed by atoms with E-state index in [-0.39, 0.29) is 17.0 Å². The predicted molar refractivity (Wildman–Crippen MR) is 91.1 cm³/mol. The highest BCUT2D eigenvalue weighted by Gasteiger charge is 2.23. The van der Waals surface area contributed by atoms with Gasteiger partial charge in [0.05, 0.1) is 17.0 Å². The molecule has 132 valence electrons.